The first-order chi connectivity index (χ1) is 12.8. The average molecular weight is 435 g/mol. The third-order valence-corrected chi connectivity index (χ3v) is 4.53. The molecule has 0 saturated carbocycles. The van der Waals surface area contributed by atoms with Crippen LogP contribution in [-0.2, 0) is 4.79 Å². The largest absolute Gasteiger partial charge is 0.494 e. The van der Waals surface area contributed by atoms with Gasteiger partial charge in [0.1, 0.15) is 4.60 Å². The molecule has 0 unspecified atom stereocenters. The normalized spacial score (nSPS) is 10.7. The molecule has 2 heterocycles. The van der Waals surface area contributed by atoms with Crippen LogP contribution in [0.3, 0.4) is 0 Å². The number of nitrogens with zero attached hydrogens (tertiary/aromatic N) is 3. The van der Waals surface area contributed by atoms with Gasteiger partial charge in [-0.3, -0.25) is 14.0 Å². The Morgan fingerprint density at radius 2 is 2.07 bits per heavy atom. The Labute approximate surface area is 162 Å². The number of rotatable bonds is 4. The van der Waals surface area contributed by atoms with Gasteiger partial charge in [-0.1, -0.05) is 0 Å². The van der Waals surface area contributed by atoms with Crippen molar-refractivity contribution in [3.05, 3.63) is 52.6 Å². The summed E-state index contributed by atoms with van der Waals surface area (Å²) in [6.07, 6.45) is 3.30. The van der Waals surface area contributed by atoms with E-state index in [0.717, 1.165) is 0 Å². The number of anilines is 2. The van der Waals surface area contributed by atoms with Crippen LogP contribution in [0.25, 0.3) is 5.65 Å². The molecule has 0 fully saturated rings. The van der Waals surface area contributed by atoms with Crippen LogP contribution in [0.15, 0.2) is 41.3 Å². The number of ether oxygens (including phenoxy) is 1. The Morgan fingerprint density at radius 3 is 2.74 bits per heavy atom. The summed E-state index contributed by atoms with van der Waals surface area (Å²) in [4.78, 5) is 30.0. The molecule has 0 atom stereocenters. The fourth-order valence-electron chi connectivity index (χ4n) is 2.61. The van der Waals surface area contributed by atoms with Gasteiger partial charge < -0.3 is 15.0 Å². The highest BCUT2D eigenvalue weighted by Gasteiger charge is 2.19. The topological polar surface area (TPSA) is 75.9 Å². The van der Waals surface area contributed by atoms with Crippen LogP contribution in [0.2, 0.25) is 0 Å². The van der Waals surface area contributed by atoms with Crippen LogP contribution in [0, 0.1) is 5.82 Å². The highest BCUT2D eigenvalue weighted by Crippen LogP contribution is 2.28. The molecule has 1 aromatic carbocycles. The van der Waals surface area contributed by atoms with Gasteiger partial charge in [-0.15, -0.1) is 0 Å². The average Bonchev–Trinajstić information content (AvgIpc) is 3.02. The predicted octanol–water partition coefficient (Wildman–Crippen LogP) is 3.48. The maximum atomic E-state index is 13.6. The first-order valence-corrected chi connectivity index (χ1v) is 8.67. The number of nitrogens with one attached hydrogen (secondary N) is 1. The van der Waals surface area contributed by atoms with E-state index < -0.39 is 5.82 Å². The number of hydrogen-bond acceptors (Lipinski definition) is 4. The third kappa shape index (κ3) is 3.63. The van der Waals surface area contributed by atoms with E-state index in [1.165, 1.54) is 37.1 Å². The zero-order valence-electron chi connectivity index (χ0n) is 14.8. The summed E-state index contributed by atoms with van der Waals surface area (Å²) in [5.41, 5.74) is 1.77. The second-order valence-corrected chi connectivity index (χ2v) is 6.59. The van der Waals surface area contributed by atoms with Crippen LogP contribution in [0.4, 0.5) is 15.8 Å². The highest BCUT2D eigenvalue weighted by atomic mass is 79.9. The molecule has 0 aliphatic rings. The van der Waals surface area contributed by atoms with Crippen molar-refractivity contribution in [1.82, 2.24) is 9.38 Å². The number of halogens is 2. The van der Waals surface area contributed by atoms with Crippen molar-refractivity contribution in [3.63, 3.8) is 0 Å². The SMILES string of the molecule is COc1cc(C(=O)N(C)c2cc(NC(C)=O)c3ncc(Br)n3c2)ccc1F. The molecular formula is C18H16BrFN4O3. The second-order valence-electron chi connectivity index (χ2n) is 5.78. The lowest BCUT2D eigenvalue weighted by molar-refractivity contribution is -0.114. The van der Waals surface area contributed by atoms with Gasteiger partial charge in [0.05, 0.1) is 24.7 Å². The number of methoxy groups -OCH3 is 1. The summed E-state index contributed by atoms with van der Waals surface area (Å²) in [6.45, 7) is 1.39. The summed E-state index contributed by atoms with van der Waals surface area (Å²) < 4.78 is 20.9. The summed E-state index contributed by atoms with van der Waals surface area (Å²) in [6, 6.07) is 5.55. The summed E-state index contributed by atoms with van der Waals surface area (Å²) in [7, 11) is 2.92. The summed E-state index contributed by atoms with van der Waals surface area (Å²) in [5, 5.41) is 2.71. The van der Waals surface area contributed by atoms with E-state index in [2.05, 4.69) is 26.2 Å². The molecule has 3 rings (SSSR count). The number of amides is 2. The Bertz CT molecular complexity index is 1050. The van der Waals surface area contributed by atoms with E-state index in [1.54, 1.807) is 29.9 Å². The van der Waals surface area contributed by atoms with E-state index in [4.69, 9.17) is 4.74 Å². The lowest BCUT2D eigenvalue weighted by Crippen LogP contribution is -2.27. The number of fused-ring (bicyclic) bond motifs is 1. The van der Waals surface area contributed by atoms with E-state index >= 15 is 0 Å². The van der Waals surface area contributed by atoms with Crippen LogP contribution < -0.4 is 15.0 Å². The van der Waals surface area contributed by atoms with E-state index in [9.17, 15) is 14.0 Å². The fourth-order valence-corrected chi connectivity index (χ4v) is 2.99. The molecule has 0 radical (unpaired) electrons. The fraction of sp³-hybridized carbons (Fsp3) is 0.167. The zero-order valence-corrected chi connectivity index (χ0v) is 16.4. The Morgan fingerprint density at radius 1 is 1.33 bits per heavy atom. The monoisotopic (exact) mass is 434 g/mol. The number of carbonyl (C=O) groups excluding carboxylic acids is 2. The summed E-state index contributed by atoms with van der Waals surface area (Å²) >= 11 is 3.39. The van der Waals surface area contributed by atoms with Gasteiger partial charge in [0, 0.05) is 25.7 Å². The molecule has 0 saturated heterocycles. The first kappa shape index (κ1) is 18.8. The molecule has 27 heavy (non-hydrogen) atoms. The van der Waals surface area contributed by atoms with Crippen molar-refractivity contribution >= 4 is 44.8 Å². The molecule has 140 valence electrons. The predicted molar refractivity (Wildman–Crippen MR) is 103 cm³/mol. The molecule has 1 N–H and O–H groups in total. The number of imidazole rings is 1. The number of carbonyl (C=O) groups is 2. The van der Waals surface area contributed by atoms with Crippen LogP contribution in [0.5, 0.6) is 5.75 Å². The van der Waals surface area contributed by atoms with Crippen molar-refractivity contribution in [2.75, 3.05) is 24.4 Å². The second kappa shape index (κ2) is 7.36. The van der Waals surface area contributed by atoms with Gasteiger partial charge in [0.2, 0.25) is 5.91 Å². The minimum absolute atomic E-state index is 0.0130. The van der Waals surface area contributed by atoms with Gasteiger partial charge in [0.15, 0.2) is 17.2 Å². The smallest absolute Gasteiger partial charge is 0.258 e. The Kier molecular flexibility index (Phi) is 5.13. The van der Waals surface area contributed by atoms with E-state index in [-0.39, 0.29) is 23.1 Å². The van der Waals surface area contributed by atoms with Gasteiger partial charge in [-0.2, -0.15) is 0 Å². The molecule has 7 nitrogen and oxygen atoms in total. The lowest BCUT2D eigenvalue weighted by atomic mass is 10.1. The molecular weight excluding hydrogens is 419 g/mol. The molecule has 9 heteroatoms. The number of benzene rings is 1. The number of pyridine rings is 1. The van der Waals surface area contributed by atoms with Crippen molar-refractivity contribution in [2.24, 2.45) is 0 Å². The molecule has 3 aromatic rings. The highest BCUT2D eigenvalue weighted by molar-refractivity contribution is 9.10. The van der Waals surface area contributed by atoms with Crippen molar-refractivity contribution in [2.45, 2.75) is 6.92 Å². The molecule has 0 spiro atoms. The van der Waals surface area contributed by atoms with E-state index in [1.807, 2.05) is 0 Å². The van der Waals surface area contributed by atoms with E-state index in [0.29, 0.717) is 21.6 Å². The number of hydrogen-bond donors (Lipinski definition) is 1. The van der Waals surface area contributed by atoms with Crippen molar-refractivity contribution < 1.29 is 18.7 Å². The minimum Gasteiger partial charge on any atom is -0.494 e. The number of aromatic nitrogens is 2. The van der Waals surface area contributed by atoms with Crippen LogP contribution in [0.1, 0.15) is 17.3 Å². The summed E-state index contributed by atoms with van der Waals surface area (Å²) in [5.74, 6) is -1.18. The molecule has 0 aliphatic heterocycles. The molecule has 2 amide bonds. The van der Waals surface area contributed by atoms with Crippen molar-refractivity contribution in [1.29, 1.82) is 0 Å². The lowest BCUT2D eigenvalue weighted by Gasteiger charge is -2.19. The van der Waals surface area contributed by atoms with Gasteiger partial charge in [0.25, 0.3) is 5.91 Å². The Hall–Kier alpha value is -2.94. The first-order valence-electron chi connectivity index (χ1n) is 7.87. The Balaban J connectivity index is 2.04. The third-order valence-electron chi connectivity index (χ3n) is 3.95. The van der Waals surface area contributed by atoms with Crippen LogP contribution >= 0.6 is 15.9 Å². The van der Waals surface area contributed by atoms with Crippen LogP contribution in [-0.4, -0.2) is 35.4 Å². The zero-order chi connectivity index (χ0) is 19.7. The minimum atomic E-state index is -0.548. The molecule has 2 aromatic heterocycles. The molecule has 0 bridgehead atoms. The quantitative estimate of drug-likeness (QED) is 0.681. The standard InChI is InChI=1S/C18H16BrFN4O3/c1-10(25)22-14-7-12(9-24-16(19)8-21-17(14)24)23(2)18(26)11-4-5-13(20)15(6-11)27-3/h4-9H,1-3H3,(H,22,25). The van der Waals surface area contributed by atoms with Gasteiger partial charge in [-0.25, -0.2) is 9.37 Å². The molecule has 0 aliphatic carbocycles. The maximum Gasteiger partial charge on any atom is 0.258 e. The van der Waals surface area contributed by atoms with Gasteiger partial charge in [-0.05, 0) is 40.2 Å². The maximum absolute atomic E-state index is 13.6. The van der Waals surface area contributed by atoms with Crippen molar-refractivity contribution in [3.8, 4) is 5.75 Å². The van der Waals surface area contributed by atoms with Gasteiger partial charge >= 0.3 is 0 Å².